The fourth-order valence-electron chi connectivity index (χ4n) is 2.05. The van der Waals surface area contributed by atoms with Gasteiger partial charge in [0.2, 0.25) is 5.91 Å². The second-order valence-electron chi connectivity index (χ2n) is 5.00. The molecule has 0 aliphatic rings. The van der Waals surface area contributed by atoms with Gasteiger partial charge >= 0.3 is 0 Å². The summed E-state index contributed by atoms with van der Waals surface area (Å²) in [6, 6.07) is 13.2. The maximum atomic E-state index is 12.1. The number of carbonyl (C=O) groups is 1. The topological polar surface area (TPSA) is 55.1 Å². The highest BCUT2D eigenvalue weighted by atomic mass is 35.5. The van der Waals surface area contributed by atoms with Crippen molar-refractivity contribution in [2.75, 3.05) is 0 Å². The Morgan fingerprint density at radius 3 is 2.62 bits per heavy atom. The van der Waals surface area contributed by atoms with Gasteiger partial charge in [0.25, 0.3) is 0 Å². The van der Waals surface area contributed by atoms with E-state index in [-0.39, 0.29) is 11.9 Å². The molecule has 1 aromatic carbocycles. The number of carbonyl (C=O) groups excluding carboxylic acids is 1. The molecule has 2 rings (SSSR count). The van der Waals surface area contributed by atoms with E-state index in [2.05, 4.69) is 5.32 Å². The molecule has 3 N–H and O–H groups in total. The molecule has 0 aliphatic carbocycles. The Bertz CT molecular complexity index is 585. The van der Waals surface area contributed by atoms with Gasteiger partial charge < -0.3 is 11.1 Å². The third kappa shape index (κ3) is 4.84. The molecule has 0 saturated heterocycles. The number of rotatable bonds is 6. The SMILES string of the molecule is CC(NC(=O)C(N)CCc1ccccc1)c1ccc(Cl)s1. The Balaban J connectivity index is 1.82. The minimum atomic E-state index is -0.497. The van der Waals surface area contributed by atoms with Crippen LogP contribution in [0.3, 0.4) is 0 Å². The Hall–Kier alpha value is -1.36. The fourth-order valence-corrected chi connectivity index (χ4v) is 3.11. The Labute approximate surface area is 134 Å². The molecule has 2 unspecified atom stereocenters. The first-order valence-corrected chi connectivity index (χ1v) is 8.11. The van der Waals surface area contributed by atoms with E-state index in [0.29, 0.717) is 6.42 Å². The molecule has 1 aromatic heterocycles. The maximum absolute atomic E-state index is 12.1. The van der Waals surface area contributed by atoms with Gasteiger partial charge in [-0.05, 0) is 37.5 Å². The molecule has 2 atom stereocenters. The summed E-state index contributed by atoms with van der Waals surface area (Å²) >= 11 is 7.37. The smallest absolute Gasteiger partial charge is 0.237 e. The van der Waals surface area contributed by atoms with Crippen LogP contribution in [0.5, 0.6) is 0 Å². The first-order valence-electron chi connectivity index (χ1n) is 6.91. The van der Waals surface area contributed by atoms with E-state index < -0.39 is 6.04 Å². The van der Waals surface area contributed by atoms with Gasteiger partial charge in [0.1, 0.15) is 0 Å². The highest BCUT2D eigenvalue weighted by molar-refractivity contribution is 7.16. The molecule has 0 spiro atoms. The molecule has 21 heavy (non-hydrogen) atoms. The molecule has 3 nitrogen and oxygen atoms in total. The second kappa shape index (κ2) is 7.59. The monoisotopic (exact) mass is 322 g/mol. The van der Waals surface area contributed by atoms with Crippen molar-refractivity contribution in [3.05, 3.63) is 57.2 Å². The van der Waals surface area contributed by atoms with E-state index in [1.54, 1.807) is 0 Å². The lowest BCUT2D eigenvalue weighted by Gasteiger charge is -2.16. The number of thiophene rings is 1. The molecule has 0 fully saturated rings. The van der Waals surface area contributed by atoms with Crippen molar-refractivity contribution in [2.24, 2.45) is 5.73 Å². The van der Waals surface area contributed by atoms with Crippen LogP contribution in [0.1, 0.15) is 29.8 Å². The zero-order valence-corrected chi connectivity index (χ0v) is 13.5. The summed E-state index contributed by atoms with van der Waals surface area (Å²) in [6.07, 6.45) is 1.43. The zero-order chi connectivity index (χ0) is 15.2. The van der Waals surface area contributed by atoms with Crippen molar-refractivity contribution in [3.63, 3.8) is 0 Å². The number of benzene rings is 1. The summed E-state index contributed by atoms with van der Waals surface area (Å²) in [5.41, 5.74) is 7.16. The van der Waals surface area contributed by atoms with E-state index in [9.17, 15) is 4.79 Å². The predicted molar refractivity (Wildman–Crippen MR) is 88.6 cm³/mol. The summed E-state index contributed by atoms with van der Waals surface area (Å²) in [6.45, 7) is 1.93. The number of aryl methyl sites for hydroxylation is 1. The van der Waals surface area contributed by atoms with Crippen LogP contribution in [0.2, 0.25) is 4.34 Å². The standard InChI is InChI=1S/C16H19ClN2OS/c1-11(14-9-10-15(17)21-14)19-16(20)13(18)8-7-12-5-3-2-4-6-12/h2-6,9-11,13H,7-8,18H2,1H3,(H,19,20). The molecule has 112 valence electrons. The zero-order valence-electron chi connectivity index (χ0n) is 11.9. The van der Waals surface area contributed by atoms with Crippen molar-refractivity contribution in [2.45, 2.75) is 31.8 Å². The minimum Gasteiger partial charge on any atom is -0.347 e. The molecule has 5 heteroatoms. The third-order valence-corrected chi connectivity index (χ3v) is 4.72. The van der Waals surface area contributed by atoms with Crippen molar-refractivity contribution in [1.29, 1.82) is 0 Å². The molecule has 1 heterocycles. The number of hydrogen-bond acceptors (Lipinski definition) is 3. The average molecular weight is 323 g/mol. The predicted octanol–water partition coefficient (Wildman–Crippen LogP) is 3.54. The second-order valence-corrected chi connectivity index (χ2v) is 6.75. The van der Waals surface area contributed by atoms with Gasteiger partial charge in [-0.1, -0.05) is 41.9 Å². The largest absolute Gasteiger partial charge is 0.347 e. The number of nitrogens with two attached hydrogens (primary N) is 1. The van der Waals surface area contributed by atoms with Gasteiger partial charge in [-0.15, -0.1) is 11.3 Å². The Morgan fingerprint density at radius 1 is 1.29 bits per heavy atom. The Morgan fingerprint density at radius 2 is 2.00 bits per heavy atom. The number of amides is 1. The number of hydrogen-bond donors (Lipinski definition) is 2. The van der Waals surface area contributed by atoms with Crippen molar-refractivity contribution < 1.29 is 4.79 Å². The molecule has 0 aliphatic heterocycles. The molecular formula is C16H19ClN2OS. The molecule has 2 aromatic rings. The summed E-state index contributed by atoms with van der Waals surface area (Å²) in [5, 5.41) is 2.93. The summed E-state index contributed by atoms with van der Waals surface area (Å²) in [7, 11) is 0. The molecule has 0 bridgehead atoms. The average Bonchev–Trinajstić information content (AvgIpc) is 2.92. The lowest BCUT2D eigenvalue weighted by Crippen LogP contribution is -2.41. The van der Waals surface area contributed by atoms with Crippen LogP contribution < -0.4 is 11.1 Å². The van der Waals surface area contributed by atoms with Crippen LogP contribution in [-0.4, -0.2) is 11.9 Å². The van der Waals surface area contributed by atoms with Gasteiger partial charge in [0.05, 0.1) is 16.4 Å². The highest BCUT2D eigenvalue weighted by Crippen LogP contribution is 2.26. The number of nitrogens with one attached hydrogen (secondary N) is 1. The summed E-state index contributed by atoms with van der Waals surface area (Å²) < 4.78 is 0.722. The van der Waals surface area contributed by atoms with Crippen LogP contribution in [0.15, 0.2) is 42.5 Å². The normalized spacial score (nSPS) is 13.7. The lowest BCUT2D eigenvalue weighted by molar-refractivity contribution is -0.123. The fraction of sp³-hybridized carbons (Fsp3) is 0.312. The lowest BCUT2D eigenvalue weighted by atomic mass is 10.1. The quantitative estimate of drug-likeness (QED) is 0.854. The van der Waals surface area contributed by atoms with E-state index in [0.717, 1.165) is 15.6 Å². The van der Waals surface area contributed by atoms with Crippen LogP contribution in [0.4, 0.5) is 0 Å². The minimum absolute atomic E-state index is 0.0715. The van der Waals surface area contributed by atoms with E-state index in [1.807, 2.05) is 49.4 Å². The maximum Gasteiger partial charge on any atom is 0.237 e. The van der Waals surface area contributed by atoms with Crippen molar-refractivity contribution in [3.8, 4) is 0 Å². The molecule has 1 amide bonds. The van der Waals surface area contributed by atoms with Crippen LogP contribution in [0.25, 0.3) is 0 Å². The van der Waals surface area contributed by atoms with E-state index in [1.165, 1.54) is 16.9 Å². The molecule has 0 saturated carbocycles. The summed E-state index contributed by atoms with van der Waals surface area (Å²) in [5.74, 6) is -0.122. The first-order chi connectivity index (χ1) is 10.1. The summed E-state index contributed by atoms with van der Waals surface area (Å²) in [4.78, 5) is 13.1. The van der Waals surface area contributed by atoms with Crippen LogP contribution in [0, 0.1) is 0 Å². The third-order valence-electron chi connectivity index (χ3n) is 3.30. The van der Waals surface area contributed by atoms with E-state index in [4.69, 9.17) is 17.3 Å². The first kappa shape index (κ1) is 16.0. The highest BCUT2D eigenvalue weighted by Gasteiger charge is 2.17. The van der Waals surface area contributed by atoms with Crippen molar-refractivity contribution >= 4 is 28.8 Å². The van der Waals surface area contributed by atoms with Gasteiger partial charge in [0.15, 0.2) is 0 Å². The van der Waals surface area contributed by atoms with Crippen LogP contribution >= 0.6 is 22.9 Å². The van der Waals surface area contributed by atoms with E-state index >= 15 is 0 Å². The molecule has 0 radical (unpaired) electrons. The van der Waals surface area contributed by atoms with Crippen molar-refractivity contribution in [1.82, 2.24) is 5.32 Å². The van der Waals surface area contributed by atoms with Gasteiger partial charge in [-0.3, -0.25) is 4.79 Å². The molecular weight excluding hydrogens is 304 g/mol. The van der Waals surface area contributed by atoms with Crippen LogP contribution in [-0.2, 0) is 11.2 Å². The Kier molecular flexibility index (Phi) is 5.79. The van der Waals surface area contributed by atoms with Gasteiger partial charge in [-0.2, -0.15) is 0 Å². The van der Waals surface area contributed by atoms with Gasteiger partial charge in [-0.25, -0.2) is 0 Å². The number of halogens is 1. The van der Waals surface area contributed by atoms with Gasteiger partial charge in [0, 0.05) is 4.88 Å².